The highest BCUT2D eigenvalue weighted by molar-refractivity contribution is 6.30. The van der Waals surface area contributed by atoms with E-state index in [4.69, 9.17) is 11.6 Å². The average molecular weight is 254 g/mol. The lowest BCUT2D eigenvalue weighted by Crippen LogP contribution is -2.30. The molecule has 0 aliphatic carbocycles. The van der Waals surface area contributed by atoms with Crippen LogP contribution in [0, 0.1) is 5.41 Å². The zero-order chi connectivity index (χ0) is 12.7. The molecule has 0 saturated carbocycles. The molecule has 1 aromatic carbocycles. The van der Waals surface area contributed by atoms with Crippen LogP contribution < -0.4 is 5.32 Å². The summed E-state index contributed by atoms with van der Waals surface area (Å²) in [4.78, 5) is 0. The summed E-state index contributed by atoms with van der Waals surface area (Å²) >= 11 is 5.88. The van der Waals surface area contributed by atoms with Crippen LogP contribution in [0.25, 0.3) is 0 Å². The lowest BCUT2D eigenvalue weighted by molar-refractivity contribution is 0.315. The van der Waals surface area contributed by atoms with E-state index in [-0.39, 0.29) is 0 Å². The van der Waals surface area contributed by atoms with E-state index < -0.39 is 0 Å². The molecule has 0 aromatic heterocycles. The first-order chi connectivity index (χ1) is 8.03. The predicted octanol–water partition coefficient (Wildman–Crippen LogP) is 4.30. The fourth-order valence-corrected chi connectivity index (χ4v) is 1.95. The molecule has 1 N–H and O–H groups in total. The van der Waals surface area contributed by atoms with E-state index in [0.29, 0.717) is 5.41 Å². The highest BCUT2D eigenvalue weighted by Crippen LogP contribution is 2.22. The normalized spacial score (nSPS) is 11.8. The van der Waals surface area contributed by atoms with Gasteiger partial charge in [0.2, 0.25) is 0 Å². The molecule has 0 bridgehead atoms. The minimum Gasteiger partial charge on any atom is -0.316 e. The van der Waals surface area contributed by atoms with E-state index in [0.717, 1.165) is 24.5 Å². The topological polar surface area (TPSA) is 12.0 Å². The number of hydrogen-bond acceptors (Lipinski definition) is 1. The molecule has 1 rings (SSSR count). The Morgan fingerprint density at radius 3 is 2.41 bits per heavy atom. The van der Waals surface area contributed by atoms with Crippen molar-refractivity contribution in [2.45, 2.75) is 40.0 Å². The molecule has 1 aromatic rings. The lowest BCUT2D eigenvalue weighted by Gasteiger charge is -2.25. The number of rotatable bonds is 7. The maximum atomic E-state index is 5.88. The second-order valence-electron chi connectivity index (χ2n) is 5.47. The summed E-state index contributed by atoms with van der Waals surface area (Å²) in [6.45, 7) is 9.06. The molecule has 0 heterocycles. The van der Waals surface area contributed by atoms with Crippen molar-refractivity contribution in [2.24, 2.45) is 5.41 Å². The minimum atomic E-state index is 0.356. The van der Waals surface area contributed by atoms with Gasteiger partial charge in [0.15, 0.2) is 0 Å². The Kier molecular flexibility index (Phi) is 6.01. The van der Waals surface area contributed by atoms with Gasteiger partial charge in [0, 0.05) is 11.6 Å². The van der Waals surface area contributed by atoms with Crippen molar-refractivity contribution in [3.63, 3.8) is 0 Å². The number of benzene rings is 1. The van der Waals surface area contributed by atoms with Crippen LogP contribution in [-0.2, 0) is 6.42 Å². The largest absolute Gasteiger partial charge is 0.316 e. The van der Waals surface area contributed by atoms with Gasteiger partial charge in [-0.1, -0.05) is 44.5 Å². The zero-order valence-corrected chi connectivity index (χ0v) is 12.0. The van der Waals surface area contributed by atoms with Gasteiger partial charge in [-0.15, -0.1) is 0 Å². The maximum Gasteiger partial charge on any atom is 0.0406 e. The van der Waals surface area contributed by atoms with E-state index >= 15 is 0 Å². The Hall–Kier alpha value is -0.530. The number of nitrogens with one attached hydrogen (secondary N) is 1. The molecular weight excluding hydrogens is 230 g/mol. The molecule has 0 spiro atoms. The molecule has 1 nitrogen and oxygen atoms in total. The molecular formula is C15H24ClN. The van der Waals surface area contributed by atoms with Crippen molar-refractivity contribution in [1.29, 1.82) is 0 Å². The SMILES string of the molecule is CCCNCC(C)(C)CCc1ccc(Cl)cc1. The zero-order valence-electron chi connectivity index (χ0n) is 11.2. The van der Waals surface area contributed by atoms with E-state index in [9.17, 15) is 0 Å². The van der Waals surface area contributed by atoms with Crippen LogP contribution in [0.2, 0.25) is 5.02 Å². The minimum absolute atomic E-state index is 0.356. The van der Waals surface area contributed by atoms with Crippen molar-refractivity contribution in [2.75, 3.05) is 13.1 Å². The summed E-state index contributed by atoms with van der Waals surface area (Å²) in [6, 6.07) is 8.19. The molecule has 17 heavy (non-hydrogen) atoms. The molecule has 96 valence electrons. The van der Waals surface area contributed by atoms with Crippen LogP contribution in [0.3, 0.4) is 0 Å². The van der Waals surface area contributed by atoms with Crippen molar-refractivity contribution < 1.29 is 0 Å². The van der Waals surface area contributed by atoms with Gasteiger partial charge in [-0.05, 0) is 48.9 Å². The Labute approximate surface area is 111 Å². The molecule has 0 atom stereocenters. The van der Waals surface area contributed by atoms with Gasteiger partial charge in [0.05, 0.1) is 0 Å². The Morgan fingerprint density at radius 2 is 1.82 bits per heavy atom. The third kappa shape index (κ3) is 6.09. The molecule has 0 fully saturated rings. The fourth-order valence-electron chi connectivity index (χ4n) is 1.83. The summed E-state index contributed by atoms with van der Waals surface area (Å²) in [5.74, 6) is 0. The maximum absolute atomic E-state index is 5.88. The molecule has 0 aliphatic rings. The van der Waals surface area contributed by atoms with Crippen molar-refractivity contribution >= 4 is 11.6 Å². The summed E-state index contributed by atoms with van der Waals surface area (Å²) in [5, 5.41) is 4.32. The lowest BCUT2D eigenvalue weighted by atomic mass is 9.86. The number of hydrogen-bond donors (Lipinski definition) is 1. The van der Waals surface area contributed by atoms with Gasteiger partial charge in [0.25, 0.3) is 0 Å². The first-order valence-electron chi connectivity index (χ1n) is 6.49. The van der Waals surface area contributed by atoms with E-state index in [2.05, 4.69) is 38.2 Å². The summed E-state index contributed by atoms with van der Waals surface area (Å²) < 4.78 is 0. The second-order valence-corrected chi connectivity index (χ2v) is 5.90. The Balaban J connectivity index is 2.35. The number of aryl methyl sites for hydroxylation is 1. The van der Waals surface area contributed by atoms with Crippen LogP contribution in [0.5, 0.6) is 0 Å². The van der Waals surface area contributed by atoms with Crippen molar-refractivity contribution in [3.8, 4) is 0 Å². The van der Waals surface area contributed by atoms with Gasteiger partial charge >= 0.3 is 0 Å². The molecule has 0 aliphatic heterocycles. The molecule has 0 unspecified atom stereocenters. The van der Waals surface area contributed by atoms with Crippen LogP contribution in [0.1, 0.15) is 39.2 Å². The summed E-state index contributed by atoms with van der Waals surface area (Å²) in [6.07, 6.45) is 3.52. The predicted molar refractivity (Wildman–Crippen MR) is 76.7 cm³/mol. The van der Waals surface area contributed by atoms with Crippen LogP contribution in [0.4, 0.5) is 0 Å². The van der Waals surface area contributed by atoms with Gasteiger partial charge in [-0.2, -0.15) is 0 Å². The fraction of sp³-hybridized carbons (Fsp3) is 0.600. The summed E-state index contributed by atoms with van der Waals surface area (Å²) in [7, 11) is 0. The third-order valence-corrected chi connectivity index (χ3v) is 3.29. The van der Waals surface area contributed by atoms with Crippen LogP contribution in [-0.4, -0.2) is 13.1 Å². The molecule has 0 amide bonds. The summed E-state index contributed by atoms with van der Waals surface area (Å²) in [5.41, 5.74) is 1.73. The quantitative estimate of drug-likeness (QED) is 0.715. The van der Waals surface area contributed by atoms with Gasteiger partial charge in [-0.3, -0.25) is 0 Å². The van der Waals surface area contributed by atoms with Crippen LogP contribution >= 0.6 is 11.6 Å². The molecule has 0 radical (unpaired) electrons. The van der Waals surface area contributed by atoms with Gasteiger partial charge in [-0.25, -0.2) is 0 Å². The Bertz CT molecular complexity index is 316. The number of halogens is 1. The van der Waals surface area contributed by atoms with E-state index in [1.165, 1.54) is 18.4 Å². The highest BCUT2D eigenvalue weighted by atomic mass is 35.5. The second kappa shape index (κ2) is 7.03. The molecule has 2 heteroatoms. The third-order valence-electron chi connectivity index (χ3n) is 3.03. The first-order valence-corrected chi connectivity index (χ1v) is 6.86. The van der Waals surface area contributed by atoms with Crippen molar-refractivity contribution in [3.05, 3.63) is 34.9 Å². The van der Waals surface area contributed by atoms with Gasteiger partial charge in [0.1, 0.15) is 0 Å². The van der Waals surface area contributed by atoms with Crippen molar-refractivity contribution in [1.82, 2.24) is 5.32 Å². The monoisotopic (exact) mass is 253 g/mol. The highest BCUT2D eigenvalue weighted by Gasteiger charge is 2.16. The smallest absolute Gasteiger partial charge is 0.0406 e. The van der Waals surface area contributed by atoms with E-state index in [1.54, 1.807) is 0 Å². The molecule has 0 saturated heterocycles. The first kappa shape index (κ1) is 14.5. The van der Waals surface area contributed by atoms with Crippen LogP contribution in [0.15, 0.2) is 24.3 Å². The Morgan fingerprint density at radius 1 is 1.18 bits per heavy atom. The van der Waals surface area contributed by atoms with Gasteiger partial charge < -0.3 is 5.32 Å². The average Bonchev–Trinajstić information content (AvgIpc) is 2.29. The van der Waals surface area contributed by atoms with E-state index in [1.807, 2.05) is 12.1 Å². The standard InChI is InChI=1S/C15H24ClN/c1-4-11-17-12-15(2,3)10-9-13-5-7-14(16)8-6-13/h5-8,17H,4,9-12H2,1-3H3.